The summed E-state index contributed by atoms with van der Waals surface area (Å²) in [6, 6.07) is 7.27. The highest BCUT2D eigenvalue weighted by molar-refractivity contribution is 5.91. The Labute approximate surface area is 123 Å². The number of rotatable bonds is 7. The van der Waals surface area contributed by atoms with Crippen molar-refractivity contribution < 1.29 is 14.3 Å². The summed E-state index contributed by atoms with van der Waals surface area (Å²) in [7, 11) is 0. The molecule has 1 heterocycles. The molecule has 0 aliphatic heterocycles. The molecule has 0 saturated carbocycles. The Morgan fingerprint density at radius 1 is 1.24 bits per heavy atom. The maximum atomic E-state index is 11.9. The van der Waals surface area contributed by atoms with Crippen LogP contribution < -0.4 is 14.8 Å². The molecule has 0 spiro atoms. The fourth-order valence-corrected chi connectivity index (χ4v) is 1.85. The highest BCUT2D eigenvalue weighted by Gasteiger charge is 2.10. The van der Waals surface area contributed by atoms with Gasteiger partial charge in [-0.1, -0.05) is 19.1 Å². The Kier molecular flexibility index (Phi) is 5.20. The molecule has 2 aromatic rings. The van der Waals surface area contributed by atoms with Crippen molar-refractivity contribution >= 4 is 11.7 Å². The molecule has 6 heteroatoms. The van der Waals surface area contributed by atoms with Crippen LogP contribution in [-0.4, -0.2) is 29.3 Å². The number of ether oxygens (including phenoxy) is 2. The summed E-state index contributed by atoms with van der Waals surface area (Å²) in [5.41, 5.74) is 0.957. The lowest BCUT2D eigenvalue weighted by Crippen LogP contribution is -2.21. The van der Waals surface area contributed by atoms with E-state index in [1.54, 1.807) is 18.3 Å². The van der Waals surface area contributed by atoms with Crippen molar-refractivity contribution in [3.63, 3.8) is 0 Å². The largest absolute Gasteiger partial charge is 0.490 e. The van der Waals surface area contributed by atoms with E-state index in [1.807, 2.05) is 26.0 Å². The fraction of sp³-hybridized carbons (Fsp3) is 0.333. The van der Waals surface area contributed by atoms with Gasteiger partial charge in [-0.05, 0) is 25.5 Å². The highest BCUT2D eigenvalue weighted by Crippen LogP contribution is 2.26. The number of nitrogens with one attached hydrogen (secondary N) is 2. The number of para-hydroxylation sites is 2. The Morgan fingerprint density at radius 2 is 1.95 bits per heavy atom. The maximum Gasteiger partial charge on any atom is 0.263 e. The van der Waals surface area contributed by atoms with E-state index in [-0.39, 0.29) is 12.5 Å². The summed E-state index contributed by atoms with van der Waals surface area (Å²) in [4.78, 5) is 11.9. The SMILES string of the molecule is CCOc1ccccc1OCC(=O)Nc1[nH]ncc1CC. The summed E-state index contributed by atoms with van der Waals surface area (Å²) in [5, 5.41) is 9.40. The molecule has 1 aromatic carbocycles. The number of carbonyl (C=O) groups excluding carboxylic acids is 1. The van der Waals surface area contributed by atoms with Gasteiger partial charge in [-0.3, -0.25) is 9.89 Å². The lowest BCUT2D eigenvalue weighted by atomic mass is 10.2. The van der Waals surface area contributed by atoms with Crippen molar-refractivity contribution in [1.82, 2.24) is 10.2 Å². The standard InChI is InChI=1S/C15H19N3O3/c1-3-11-9-16-18-15(11)17-14(19)10-21-13-8-6-5-7-12(13)20-4-2/h5-9H,3-4,10H2,1-2H3,(H2,16,17,18,19). The number of benzene rings is 1. The van der Waals surface area contributed by atoms with Gasteiger partial charge < -0.3 is 14.8 Å². The van der Waals surface area contributed by atoms with Gasteiger partial charge in [0.05, 0.1) is 12.8 Å². The van der Waals surface area contributed by atoms with Crippen LogP contribution in [0, 0.1) is 0 Å². The van der Waals surface area contributed by atoms with Crippen LogP contribution in [0.1, 0.15) is 19.4 Å². The average Bonchev–Trinajstić information content (AvgIpc) is 2.94. The predicted octanol–water partition coefficient (Wildman–Crippen LogP) is 2.39. The first-order chi connectivity index (χ1) is 10.2. The van der Waals surface area contributed by atoms with Crippen molar-refractivity contribution in [2.45, 2.75) is 20.3 Å². The number of aromatic amines is 1. The quantitative estimate of drug-likeness (QED) is 0.820. The Hall–Kier alpha value is -2.50. The third kappa shape index (κ3) is 3.98. The van der Waals surface area contributed by atoms with Crippen LogP contribution in [0.3, 0.4) is 0 Å². The molecule has 2 N–H and O–H groups in total. The van der Waals surface area contributed by atoms with Crippen LogP contribution in [0.5, 0.6) is 11.5 Å². The van der Waals surface area contributed by atoms with E-state index in [1.165, 1.54) is 0 Å². The van der Waals surface area contributed by atoms with E-state index < -0.39 is 0 Å². The van der Waals surface area contributed by atoms with Crippen molar-refractivity contribution in [3.05, 3.63) is 36.0 Å². The molecular weight excluding hydrogens is 270 g/mol. The van der Waals surface area contributed by atoms with E-state index in [4.69, 9.17) is 9.47 Å². The van der Waals surface area contributed by atoms with Gasteiger partial charge in [0.1, 0.15) is 5.82 Å². The Morgan fingerprint density at radius 3 is 2.62 bits per heavy atom. The van der Waals surface area contributed by atoms with E-state index >= 15 is 0 Å². The molecule has 1 aromatic heterocycles. The van der Waals surface area contributed by atoms with Gasteiger partial charge in [-0.15, -0.1) is 0 Å². The minimum absolute atomic E-state index is 0.0910. The molecule has 2 rings (SSSR count). The number of nitrogens with zero attached hydrogens (tertiary/aromatic N) is 1. The minimum Gasteiger partial charge on any atom is -0.490 e. The van der Waals surface area contributed by atoms with Crippen LogP contribution in [0.2, 0.25) is 0 Å². The zero-order chi connectivity index (χ0) is 15.1. The number of aromatic nitrogens is 2. The molecule has 0 aliphatic rings. The lowest BCUT2D eigenvalue weighted by Gasteiger charge is -2.11. The van der Waals surface area contributed by atoms with Crippen LogP contribution in [0.15, 0.2) is 30.5 Å². The highest BCUT2D eigenvalue weighted by atomic mass is 16.5. The third-order valence-corrected chi connectivity index (χ3v) is 2.87. The summed E-state index contributed by atoms with van der Waals surface area (Å²) in [6.45, 7) is 4.34. The second-order valence-corrected chi connectivity index (χ2v) is 4.34. The number of anilines is 1. The fourth-order valence-electron chi connectivity index (χ4n) is 1.85. The molecular formula is C15H19N3O3. The van der Waals surface area contributed by atoms with Crippen LogP contribution >= 0.6 is 0 Å². The normalized spacial score (nSPS) is 10.2. The van der Waals surface area contributed by atoms with E-state index in [0.717, 1.165) is 12.0 Å². The van der Waals surface area contributed by atoms with Crippen molar-refractivity contribution in [2.24, 2.45) is 0 Å². The molecule has 1 amide bonds. The average molecular weight is 289 g/mol. The monoisotopic (exact) mass is 289 g/mol. The van der Waals surface area contributed by atoms with Crippen LogP contribution in [-0.2, 0) is 11.2 Å². The van der Waals surface area contributed by atoms with Gasteiger partial charge in [-0.25, -0.2) is 0 Å². The number of hydrogen-bond acceptors (Lipinski definition) is 4. The predicted molar refractivity (Wildman–Crippen MR) is 79.7 cm³/mol. The molecule has 0 saturated heterocycles. The van der Waals surface area contributed by atoms with Gasteiger partial charge in [0.2, 0.25) is 0 Å². The molecule has 112 valence electrons. The van der Waals surface area contributed by atoms with Crippen molar-refractivity contribution in [2.75, 3.05) is 18.5 Å². The first-order valence-corrected chi connectivity index (χ1v) is 6.91. The molecule has 0 unspecified atom stereocenters. The lowest BCUT2D eigenvalue weighted by molar-refractivity contribution is -0.118. The van der Waals surface area contributed by atoms with E-state index in [0.29, 0.717) is 23.9 Å². The van der Waals surface area contributed by atoms with Crippen molar-refractivity contribution in [1.29, 1.82) is 0 Å². The number of carbonyl (C=O) groups is 1. The number of hydrogen-bond donors (Lipinski definition) is 2. The van der Waals surface area contributed by atoms with Gasteiger partial charge >= 0.3 is 0 Å². The molecule has 0 bridgehead atoms. The minimum atomic E-state index is -0.250. The smallest absolute Gasteiger partial charge is 0.263 e. The summed E-state index contributed by atoms with van der Waals surface area (Å²) >= 11 is 0. The summed E-state index contributed by atoms with van der Waals surface area (Å²) < 4.78 is 10.9. The van der Waals surface area contributed by atoms with Crippen molar-refractivity contribution in [3.8, 4) is 11.5 Å². The first-order valence-electron chi connectivity index (χ1n) is 6.91. The van der Waals surface area contributed by atoms with Gasteiger partial charge in [0.25, 0.3) is 5.91 Å². The van der Waals surface area contributed by atoms with Gasteiger partial charge in [0, 0.05) is 5.56 Å². The number of amides is 1. The van der Waals surface area contributed by atoms with Gasteiger partial charge in [0.15, 0.2) is 18.1 Å². The molecule has 0 fully saturated rings. The zero-order valence-corrected chi connectivity index (χ0v) is 12.2. The number of aryl methyl sites for hydroxylation is 1. The molecule has 21 heavy (non-hydrogen) atoms. The Balaban J connectivity index is 1.92. The van der Waals surface area contributed by atoms with Crippen LogP contribution in [0.4, 0.5) is 5.82 Å². The molecule has 6 nitrogen and oxygen atoms in total. The second-order valence-electron chi connectivity index (χ2n) is 4.34. The topological polar surface area (TPSA) is 76.2 Å². The third-order valence-electron chi connectivity index (χ3n) is 2.87. The summed E-state index contributed by atoms with van der Waals surface area (Å²) in [6.07, 6.45) is 2.49. The first kappa shape index (κ1) is 14.9. The number of H-pyrrole nitrogens is 1. The molecule has 0 radical (unpaired) electrons. The summed E-state index contributed by atoms with van der Waals surface area (Å²) in [5.74, 6) is 1.54. The van der Waals surface area contributed by atoms with E-state index in [9.17, 15) is 4.79 Å². The molecule has 0 atom stereocenters. The molecule has 0 aliphatic carbocycles. The Bertz CT molecular complexity index is 595. The maximum absolute atomic E-state index is 11.9. The van der Waals surface area contributed by atoms with Crippen LogP contribution in [0.25, 0.3) is 0 Å². The second kappa shape index (κ2) is 7.33. The van der Waals surface area contributed by atoms with E-state index in [2.05, 4.69) is 15.5 Å². The zero-order valence-electron chi connectivity index (χ0n) is 12.2. The van der Waals surface area contributed by atoms with Gasteiger partial charge in [-0.2, -0.15) is 5.10 Å².